The van der Waals surface area contributed by atoms with Gasteiger partial charge in [-0.3, -0.25) is 14.9 Å². The molecule has 3 aliphatic rings. The molecule has 0 spiro atoms. The average Bonchev–Trinajstić information content (AvgIpc) is 2.98. The van der Waals surface area contributed by atoms with Gasteiger partial charge in [-0.25, -0.2) is 4.79 Å². The van der Waals surface area contributed by atoms with Crippen LogP contribution in [-0.4, -0.2) is 68.5 Å². The maximum absolute atomic E-state index is 12.9. The highest BCUT2D eigenvalue weighted by Crippen LogP contribution is 2.40. The van der Waals surface area contributed by atoms with E-state index in [1.807, 2.05) is 12.1 Å². The summed E-state index contributed by atoms with van der Waals surface area (Å²) in [5, 5.41) is 5.62. The van der Waals surface area contributed by atoms with E-state index in [0.717, 1.165) is 37.4 Å². The summed E-state index contributed by atoms with van der Waals surface area (Å²) in [6.07, 6.45) is 0.633. The van der Waals surface area contributed by atoms with E-state index in [1.165, 1.54) is 4.90 Å². The van der Waals surface area contributed by atoms with Crippen molar-refractivity contribution >= 4 is 23.4 Å². The third-order valence-electron chi connectivity index (χ3n) is 5.33. The van der Waals surface area contributed by atoms with Gasteiger partial charge in [0, 0.05) is 56.7 Å². The van der Waals surface area contributed by atoms with Crippen molar-refractivity contribution in [1.29, 1.82) is 0 Å². The number of ether oxygens (including phenoxy) is 1. The first kappa shape index (κ1) is 16.8. The molecule has 2 N–H and O–H groups in total. The monoisotopic (exact) mass is 358 g/mol. The summed E-state index contributed by atoms with van der Waals surface area (Å²) in [6, 6.07) is 2.70. The van der Waals surface area contributed by atoms with Crippen LogP contribution in [0.1, 0.15) is 22.3 Å². The van der Waals surface area contributed by atoms with Crippen molar-refractivity contribution < 1.29 is 19.1 Å². The van der Waals surface area contributed by atoms with E-state index in [2.05, 4.69) is 15.5 Å². The molecule has 2 fully saturated rings. The molecule has 26 heavy (non-hydrogen) atoms. The number of fused-ring (bicyclic) bond motifs is 1. The van der Waals surface area contributed by atoms with Crippen LogP contribution >= 0.6 is 0 Å². The van der Waals surface area contributed by atoms with Crippen LogP contribution in [0.15, 0.2) is 12.1 Å². The molecular weight excluding hydrogens is 336 g/mol. The lowest BCUT2D eigenvalue weighted by Crippen LogP contribution is -2.55. The molecule has 1 unspecified atom stereocenters. The summed E-state index contributed by atoms with van der Waals surface area (Å²) in [6.45, 7) is 3.84. The number of carbonyl (C=O) groups excluding carboxylic acids is 3. The van der Waals surface area contributed by atoms with Gasteiger partial charge in [-0.15, -0.1) is 0 Å². The van der Waals surface area contributed by atoms with Crippen LogP contribution in [0.3, 0.4) is 0 Å². The highest BCUT2D eigenvalue weighted by atomic mass is 16.5. The fraction of sp³-hybridized carbons (Fsp3) is 0.500. The third-order valence-corrected chi connectivity index (χ3v) is 5.33. The van der Waals surface area contributed by atoms with Gasteiger partial charge >= 0.3 is 6.03 Å². The van der Waals surface area contributed by atoms with Crippen molar-refractivity contribution in [2.24, 2.45) is 0 Å². The Labute approximate surface area is 151 Å². The van der Waals surface area contributed by atoms with E-state index in [-0.39, 0.29) is 24.7 Å². The van der Waals surface area contributed by atoms with Gasteiger partial charge in [0.25, 0.3) is 0 Å². The van der Waals surface area contributed by atoms with E-state index < -0.39 is 12.1 Å². The summed E-state index contributed by atoms with van der Waals surface area (Å²) in [5.74, 6) is 0.330. The molecule has 8 nitrogen and oxygen atoms in total. The van der Waals surface area contributed by atoms with Gasteiger partial charge in [0.15, 0.2) is 5.78 Å². The lowest BCUT2D eigenvalue weighted by Gasteiger charge is -2.31. The molecule has 2 heterocycles. The number of anilines is 1. The van der Waals surface area contributed by atoms with Crippen molar-refractivity contribution in [3.8, 4) is 5.75 Å². The van der Waals surface area contributed by atoms with Gasteiger partial charge in [-0.05, 0) is 12.1 Å². The summed E-state index contributed by atoms with van der Waals surface area (Å²) >= 11 is 0. The Hall–Kier alpha value is -2.61. The zero-order valence-electron chi connectivity index (χ0n) is 14.7. The van der Waals surface area contributed by atoms with Gasteiger partial charge < -0.3 is 19.9 Å². The van der Waals surface area contributed by atoms with Crippen molar-refractivity contribution in [1.82, 2.24) is 15.5 Å². The number of benzene rings is 1. The number of hydrogen-bond donors (Lipinski definition) is 2. The minimum Gasteiger partial charge on any atom is -0.494 e. The molecule has 0 aromatic heterocycles. The van der Waals surface area contributed by atoms with Crippen LogP contribution in [-0.2, 0) is 11.2 Å². The smallest absolute Gasteiger partial charge is 0.324 e. The van der Waals surface area contributed by atoms with E-state index >= 15 is 0 Å². The fourth-order valence-corrected chi connectivity index (χ4v) is 4.02. The number of rotatable bonds is 3. The van der Waals surface area contributed by atoms with E-state index in [0.29, 0.717) is 17.7 Å². The Morgan fingerprint density at radius 3 is 2.58 bits per heavy atom. The summed E-state index contributed by atoms with van der Waals surface area (Å²) in [4.78, 5) is 40.1. The second-order valence-corrected chi connectivity index (χ2v) is 6.76. The second kappa shape index (κ2) is 6.60. The predicted molar refractivity (Wildman–Crippen MR) is 94.8 cm³/mol. The topological polar surface area (TPSA) is 91.0 Å². The zero-order chi connectivity index (χ0) is 18.3. The molecule has 0 saturated carbocycles. The van der Waals surface area contributed by atoms with Crippen LogP contribution in [0.2, 0.25) is 0 Å². The number of methoxy groups -OCH3 is 1. The van der Waals surface area contributed by atoms with Gasteiger partial charge in [-0.2, -0.15) is 0 Å². The Morgan fingerprint density at radius 2 is 1.88 bits per heavy atom. The van der Waals surface area contributed by atoms with Gasteiger partial charge in [0.2, 0.25) is 5.91 Å². The molecule has 1 aromatic carbocycles. The Morgan fingerprint density at radius 1 is 1.12 bits per heavy atom. The molecule has 1 atom stereocenters. The highest BCUT2D eigenvalue weighted by molar-refractivity contribution is 6.08. The standard InChI is InChI=1S/C18H22N4O4/c1-26-17-12-10-14(22-7-4-15(23)20-18(22)25)16(24)11(12)2-3-13(17)21-8-5-19-6-9-21/h2-3,14,19H,4-10H2,1H3,(H,20,23,25). The van der Waals surface area contributed by atoms with Crippen LogP contribution in [0.25, 0.3) is 0 Å². The zero-order valence-corrected chi connectivity index (χ0v) is 14.7. The maximum Gasteiger partial charge on any atom is 0.324 e. The van der Waals surface area contributed by atoms with Crippen molar-refractivity contribution in [3.05, 3.63) is 23.3 Å². The third kappa shape index (κ3) is 2.70. The average molecular weight is 358 g/mol. The van der Waals surface area contributed by atoms with Crippen molar-refractivity contribution in [3.63, 3.8) is 0 Å². The number of imide groups is 1. The number of piperazine rings is 1. The molecule has 1 aromatic rings. The van der Waals surface area contributed by atoms with Gasteiger partial charge in [-0.1, -0.05) is 0 Å². The number of carbonyl (C=O) groups is 3. The quantitative estimate of drug-likeness (QED) is 0.800. The molecule has 4 rings (SSSR count). The second-order valence-electron chi connectivity index (χ2n) is 6.76. The number of ketones is 1. The first-order valence-corrected chi connectivity index (χ1v) is 8.90. The molecule has 1 aliphatic carbocycles. The summed E-state index contributed by atoms with van der Waals surface area (Å²) in [7, 11) is 1.62. The number of nitrogens with zero attached hydrogens (tertiary/aromatic N) is 2. The molecule has 138 valence electrons. The minimum absolute atomic E-state index is 0.0883. The number of hydrogen-bond acceptors (Lipinski definition) is 6. The van der Waals surface area contributed by atoms with E-state index in [9.17, 15) is 14.4 Å². The normalized spacial score (nSPS) is 23.1. The number of urea groups is 1. The van der Waals surface area contributed by atoms with Crippen LogP contribution in [0.5, 0.6) is 5.75 Å². The highest BCUT2D eigenvalue weighted by Gasteiger charge is 2.41. The molecule has 3 amide bonds. The largest absolute Gasteiger partial charge is 0.494 e. The minimum atomic E-state index is -0.578. The first-order chi connectivity index (χ1) is 12.6. The predicted octanol–water partition coefficient (Wildman–Crippen LogP) is 0.154. The van der Waals surface area contributed by atoms with Crippen LogP contribution < -0.4 is 20.3 Å². The Balaban J connectivity index is 1.65. The fourth-order valence-electron chi connectivity index (χ4n) is 4.02. The molecule has 2 aliphatic heterocycles. The molecule has 0 radical (unpaired) electrons. The van der Waals surface area contributed by atoms with Gasteiger partial charge in [0.1, 0.15) is 11.8 Å². The maximum atomic E-state index is 12.9. The SMILES string of the molecule is COc1c(N2CCNCC2)ccc2c1CC(N1CCC(=O)NC1=O)C2=O. The van der Waals surface area contributed by atoms with E-state index in [4.69, 9.17) is 4.74 Å². The number of Topliss-reactive ketones (excluding diaryl/α,β-unsaturated/α-hetero) is 1. The molecule has 8 heteroatoms. The summed E-state index contributed by atoms with van der Waals surface area (Å²) in [5.41, 5.74) is 2.44. The number of nitrogens with one attached hydrogen (secondary N) is 2. The Kier molecular flexibility index (Phi) is 4.28. The lowest BCUT2D eigenvalue weighted by molar-refractivity contribution is -0.121. The molecule has 0 bridgehead atoms. The van der Waals surface area contributed by atoms with Crippen LogP contribution in [0, 0.1) is 0 Å². The van der Waals surface area contributed by atoms with E-state index in [1.54, 1.807) is 7.11 Å². The van der Waals surface area contributed by atoms with Gasteiger partial charge in [0.05, 0.1) is 12.8 Å². The lowest BCUT2D eigenvalue weighted by atomic mass is 10.1. The number of amides is 3. The summed E-state index contributed by atoms with van der Waals surface area (Å²) < 4.78 is 5.68. The van der Waals surface area contributed by atoms with Crippen LogP contribution in [0.4, 0.5) is 10.5 Å². The molecular formula is C18H22N4O4. The first-order valence-electron chi connectivity index (χ1n) is 8.90. The Bertz CT molecular complexity index is 773. The molecule has 2 saturated heterocycles. The van der Waals surface area contributed by atoms with Crippen molar-refractivity contribution in [2.75, 3.05) is 44.7 Å². The van der Waals surface area contributed by atoms with Crippen molar-refractivity contribution in [2.45, 2.75) is 18.9 Å².